The highest BCUT2D eigenvalue weighted by molar-refractivity contribution is 7.13. The van der Waals surface area contributed by atoms with E-state index in [2.05, 4.69) is 41.6 Å². The van der Waals surface area contributed by atoms with Crippen molar-refractivity contribution in [3.63, 3.8) is 0 Å². The number of hydrogen-bond acceptors (Lipinski definition) is 4. The number of nitrogens with one attached hydrogen (secondary N) is 1. The van der Waals surface area contributed by atoms with Crippen molar-refractivity contribution in [2.75, 3.05) is 0 Å². The molecule has 0 aliphatic rings. The fourth-order valence-electron chi connectivity index (χ4n) is 1.48. The van der Waals surface area contributed by atoms with Gasteiger partial charge in [-0.05, 0) is 6.92 Å². The SMILES string of the molecule is CCn1cc(-c2nc(CNC(C)C)cs2)cn1. The first kappa shape index (κ1) is 12.3. The Labute approximate surface area is 106 Å². The summed E-state index contributed by atoms with van der Waals surface area (Å²) in [7, 11) is 0. The topological polar surface area (TPSA) is 42.7 Å². The Hall–Kier alpha value is -1.20. The second-order valence-corrected chi connectivity index (χ2v) is 5.12. The van der Waals surface area contributed by atoms with Crippen LogP contribution in [-0.4, -0.2) is 20.8 Å². The Balaban J connectivity index is 2.07. The Morgan fingerprint density at radius 3 is 2.94 bits per heavy atom. The van der Waals surface area contributed by atoms with Gasteiger partial charge in [-0.1, -0.05) is 13.8 Å². The van der Waals surface area contributed by atoms with Crippen LogP contribution < -0.4 is 5.32 Å². The fourth-order valence-corrected chi connectivity index (χ4v) is 2.27. The number of aromatic nitrogens is 3. The van der Waals surface area contributed by atoms with Gasteiger partial charge in [0.2, 0.25) is 0 Å². The molecule has 0 aromatic carbocycles. The molecular formula is C12H18N4S. The summed E-state index contributed by atoms with van der Waals surface area (Å²) in [6.45, 7) is 8.08. The summed E-state index contributed by atoms with van der Waals surface area (Å²) in [4.78, 5) is 4.60. The van der Waals surface area contributed by atoms with Crippen molar-refractivity contribution in [2.24, 2.45) is 0 Å². The number of aryl methyl sites for hydroxylation is 1. The molecule has 0 bridgehead atoms. The van der Waals surface area contributed by atoms with Crippen LogP contribution in [0.25, 0.3) is 10.6 Å². The fraction of sp³-hybridized carbons (Fsp3) is 0.500. The number of thiazole rings is 1. The standard InChI is InChI=1S/C12H18N4S/c1-4-16-7-10(5-14-16)12-15-11(8-17-12)6-13-9(2)3/h5,7-9,13H,4,6H2,1-3H3. The predicted molar refractivity (Wildman–Crippen MR) is 71.0 cm³/mol. The predicted octanol–water partition coefficient (Wildman–Crippen LogP) is 2.52. The number of hydrogen-bond donors (Lipinski definition) is 1. The summed E-state index contributed by atoms with van der Waals surface area (Å²) < 4.78 is 1.92. The third-order valence-electron chi connectivity index (χ3n) is 2.45. The van der Waals surface area contributed by atoms with Gasteiger partial charge in [0.05, 0.1) is 11.9 Å². The molecular weight excluding hydrogens is 232 g/mol. The summed E-state index contributed by atoms with van der Waals surface area (Å²) in [5.74, 6) is 0. The van der Waals surface area contributed by atoms with Crippen LogP contribution in [0.2, 0.25) is 0 Å². The van der Waals surface area contributed by atoms with E-state index < -0.39 is 0 Å². The van der Waals surface area contributed by atoms with Crippen LogP contribution in [0.15, 0.2) is 17.8 Å². The Bertz CT molecular complexity index is 472. The molecule has 4 nitrogen and oxygen atoms in total. The van der Waals surface area contributed by atoms with Crippen LogP contribution in [-0.2, 0) is 13.1 Å². The minimum absolute atomic E-state index is 0.489. The van der Waals surface area contributed by atoms with Crippen molar-refractivity contribution in [2.45, 2.75) is 39.9 Å². The molecule has 0 unspecified atom stereocenters. The monoisotopic (exact) mass is 250 g/mol. The molecule has 2 aromatic rings. The highest BCUT2D eigenvalue weighted by Crippen LogP contribution is 2.23. The summed E-state index contributed by atoms with van der Waals surface area (Å²) in [5.41, 5.74) is 2.20. The van der Waals surface area contributed by atoms with Gasteiger partial charge in [0, 0.05) is 36.3 Å². The number of nitrogens with zero attached hydrogens (tertiary/aromatic N) is 3. The maximum Gasteiger partial charge on any atom is 0.126 e. The molecule has 0 atom stereocenters. The molecule has 0 radical (unpaired) electrons. The maximum absolute atomic E-state index is 4.60. The minimum atomic E-state index is 0.489. The summed E-state index contributed by atoms with van der Waals surface area (Å²) in [6.07, 6.45) is 3.92. The second-order valence-electron chi connectivity index (χ2n) is 4.26. The molecule has 17 heavy (non-hydrogen) atoms. The molecule has 0 saturated heterocycles. The van der Waals surface area contributed by atoms with Gasteiger partial charge in [-0.25, -0.2) is 4.98 Å². The van der Waals surface area contributed by atoms with Gasteiger partial charge in [-0.3, -0.25) is 4.68 Å². The third-order valence-corrected chi connectivity index (χ3v) is 3.39. The van der Waals surface area contributed by atoms with E-state index in [1.54, 1.807) is 11.3 Å². The largest absolute Gasteiger partial charge is 0.309 e. The van der Waals surface area contributed by atoms with Crippen LogP contribution in [0.1, 0.15) is 26.5 Å². The Kier molecular flexibility index (Phi) is 3.91. The van der Waals surface area contributed by atoms with Gasteiger partial charge < -0.3 is 5.32 Å². The van der Waals surface area contributed by atoms with Crippen molar-refractivity contribution >= 4 is 11.3 Å². The van der Waals surface area contributed by atoms with Gasteiger partial charge >= 0.3 is 0 Å². The first-order chi connectivity index (χ1) is 8.19. The van der Waals surface area contributed by atoms with Crippen molar-refractivity contribution in [1.29, 1.82) is 0 Å². The van der Waals surface area contributed by atoms with Crippen molar-refractivity contribution in [3.05, 3.63) is 23.5 Å². The van der Waals surface area contributed by atoms with E-state index in [0.717, 1.165) is 29.4 Å². The van der Waals surface area contributed by atoms with E-state index >= 15 is 0 Å². The zero-order valence-electron chi connectivity index (χ0n) is 10.5. The third kappa shape index (κ3) is 3.14. The first-order valence-electron chi connectivity index (χ1n) is 5.89. The lowest BCUT2D eigenvalue weighted by molar-refractivity contribution is 0.583. The number of rotatable bonds is 5. The zero-order chi connectivity index (χ0) is 12.3. The van der Waals surface area contributed by atoms with Gasteiger partial charge in [0.1, 0.15) is 5.01 Å². The molecule has 5 heteroatoms. The molecule has 92 valence electrons. The van der Waals surface area contributed by atoms with Gasteiger partial charge in [-0.15, -0.1) is 11.3 Å². The Morgan fingerprint density at radius 1 is 1.47 bits per heavy atom. The summed E-state index contributed by atoms with van der Waals surface area (Å²) >= 11 is 1.67. The lowest BCUT2D eigenvalue weighted by Gasteiger charge is -2.04. The quantitative estimate of drug-likeness (QED) is 0.886. The average molecular weight is 250 g/mol. The smallest absolute Gasteiger partial charge is 0.126 e. The van der Waals surface area contributed by atoms with Crippen LogP contribution >= 0.6 is 11.3 Å². The molecule has 2 heterocycles. The molecule has 0 saturated carbocycles. The molecule has 1 N–H and O–H groups in total. The van der Waals surface area contributed by atoms with Crippen LogP contribution in [0.4, 0.5) is 0 Å². The van der Waals surface area contributed by atoms with E-state index in [0.29, 0.717) is 6.04 Å². The minimum Gasteiger partial charge on any atom is -0.309 e. The van der Waals surface area contributed by atoms with Crippen molar-refractivity contribution in [3.8, 4) is 10.6 Å². The lowest BCUT2D eigenvalue weighted by atomic mass is 10.3. The molecule has 0 amide bonds. The normalized spacial score (nSPS) is 11.3. The van der Waals surface area contributed by atoms with E-state index in [4.69, 9.17) is 0 Å². The van der Waals surface area contributed by atoms with E-state index in [-0.39, 0.29) is 0 Å². The van der Waals surface area contributed by atoms with Crippen LogP contribution in [0.3, 0.4) is 0 Å². The Morgan fingerprint density at radius 2 is 2.29 bits per heavy atom. The molecule has 2 aromatic heterocycles. The van der Waals surface area contributed by atoms with Gasteiger partial charge in [-0.2, -0.15) is 5.10 Å². The lowest BCUT2D eigenvalue weighted by Crippen LogP contribution is -2.21. The molecule has 0 fully saturated rings. The highest BCUT2D eigenvalue weighted by Gasteiger charge is 2.07. The van der Waals surface area contributed by atoms with E-state index in [1.807, 2.05) is 17.1 Å². The second kappa shape index (κ2) is 5.42. The van der Waals surface area contributed by atoms with Crippen molar-refractivity contribution < 1.29 is 0 Å². The molecule has 0 aliphatic carbocycles. The van der Waals surface area contributed by atoms with Gasteiger partial charge in [0.25, 0.3) is 0 Å². The van der Waals surface area contributed by atoms with Gasteiger partial charge in [0.15, 0.2) is 0 Å². The molecule has 0 aliphatic heterocycles. The molecule has 0 spiro atoms. The van der Waals surface area contributed by atoms with Crippen LogP contribution in [0, 0.1) is 0 Å². The van der Waals surface area contributed by atoms with Crippen molar-refractivity contribution in [1.82, 2.24) is 20.1 Å². The molecule has 2 rings (SSSR count). The first-order valence-corrected chi connectivity index (χ1v) is 6.77. The van der Waals surface area contributed by atoms with E-state index in [9.17, 15) is 0 Å². The van der Waals surface area contributed by atoms with E-state index in [1.165, 1.54) is 0 Å². The summed E-state index contributed by atoms with van der Waals surface area (Å²) in [6, 6.07) is 0.489. The maximum atomic E-state index is 4.60. The highest BCUT2D eigenvalue weighted by atomic mass is 32.1. The zero-order valence-corrected chi connectivity index (χ0v) is 11.3. The summed E-state index contributed by atoms with van der Waals surface area (Å²) in [5, 5.41) is 10.8. The average Bonchev–Trinajstić information content (AvgIpc) is 2.94. The van der Waals surface area contributed by atoms with Crippen LogP contribution in [0.5, 0.6) is 0 Å².